The normalized spacial score (nSPS) is 17.7. The molecule has 0 aromatic heterocycles. The molecule has 0 bridgehead atoms. The van der Waals surface area contributed by atoms with E-state index in [1.54, 1.807) is 7.05 Å². The lowest BCUT2D eigenvalue weighted by Gasteiger charge is -2.34. The predicted molar refractivity (Wildman–Crippen MR) is 104 cm³/mol. The second-order valence-electron chi connectivity index (χ2n) is 6.13. The van der Waals surface area contributed by atoms with Crippen LogP contribution in [-0.4, -0.2) is 56.3 Å². The summed E-state index contributed by atoms with van der Waals surface area (Å²) in [6.45, 7) is 7.20. The second-order valence-corrected chi connectivity index (χ2v) is 6.13. The van der Waals surface area contributed by atoms with Crippen LogP contribution in [0.1, 0.15) is 46.0 Å². The Bertz CT molecular complexity index is 352. The fraction of sp³-hybridized carbons (Fsp3) is 0.938. The van der Waals surface area contributed by atoms with Gasteiger partial charge in [0.15, 0.2) is 5.96 Å². The second kappa shape index (κ2) is 12.2. The fourth-order valence-corrected chi connectivity index (χ4v) is 3.24. The van der Waals surface area contributed by atoms with E-state index in [4.69, 9.17) is 0 Å². The molecule has 2 N–H and O–H groups in total. The summed E-state index contributed by atoms with van der Waals surface area (Å²) < 4.78 is 36.7. The van der Waals surface area contributed by atoms with Crippen molar-refractivity contribution in [2.45, 2.75) is 58.2 Å². The summed E-state index contributed by atoms with van der Waals surface area (Å²) in [4.78, 5) is 6.53. The monoisotopic (exact) mass is 464 g/mol. The van der Waals surface area contributed by atoms with Crippen LogP contribution < -0.4 is 10.6 Å². The maximum Gasteiger partial charge on any atom is 0.390 e. The summed E-state index contributed by atoms with van der Waals surface area (Å²) in [5.41, 5.74) is 0. The molecule has 8 heteroatoms. The van der Waals surface area contributed by atoms with Gasteiger partial charge in [-0.1, -0.05) is 26.7 Å². The molecule has 0 spiro atoms. The van der Waals surface area contributed by atoms with E-state index >= 15 is 0 Å². The van der Waals surface area contributed by atoms with Crippen molar-refractivity contribution in [1.82, 2.24) is 15.5 Å². The average molecular weight is 464 g/mol. The van der Waals surface area contributed by atoms with Gasteiger partial charge in [-0.2, -0.15) is 13.2 Å². The third kappa shape index (κ3) is 8.73. The van der Waals surface area contributed by atoms with Gasteiger partial charge in [0.1, 0.15) is 0 Å². The predicted octanol–water partition coefficient (Wildman–Crippen LogP) is 3.62. The van der Waals surface area contributed by atoms with Crippen LogP contribution in [0.25, 0.3) is 0 Å². The van der Waals surface area contributed by atoms with Crippen molar-refractivity contribution in [3.8, 4) is 0 Å². The van der Waals surface area contributed by atoms with Gasteiger partial charge in [-0.25, -0.2) is 0 Å². The summed E-state index contributed by atoms with van der Waals surface area (Å²) in [6.07, 6.45) is -0.307. The molecule has 1 saturated heterocycles. The molecule has 4 nitrogen and oxygen atoms in total. The molecule has 1 fully saturated rings. The molecule has 0 aromatic rings. The number of guanidine groups is 1. The molecule has 1 heterocycles. The number of nitrogens with one attached hydrogen (secondary N) is 2. The first-order valence-electron chi connectivity index (χ1n) is 8.66. The van der Waals surface area contributed by atoms with Crippen molar-refractivity contribution in [3.05, 3.63) is 0 Å². The van der Waals surface area contributed by atoms with E-state index in [9.17, 15) is 13.2 Å². The molecular formula is C16H32F3IN4. The molecule has 0 aromatic carbocycles. The Morgan fingerprint density at radius 2 is 1.71 bits per heavy atom. The topological polar surface area (TPSA) is 39.7 Å². The van der Waals surface area contributed by atoms with Gasteiger partial charge in [0.05, 0.1) is 6.42 Å². The molecule has 0 radical (unpaired) electrons. The third-order valence-electron chi connectivity index (χ3n) is 4.61. The molecule has 0 amide bonds. The van der Waals surface area contributed by atoms with Crippen LogP contribution in [-0.2, 0) is 0 Å². The standard InChI is InChI=1S/C16H31F3N4.HI/c1-4-13(5-2)14(23-10-6-7-11-23)12-22-15(20-3)21-9-8-16(17,18)19;/h13-14H,4-12H2,1-3H3,(H2,20,21,22);1H. The van der Waals surface area contributed by atoms with E-state index < -0.39 is 12.6 Å². The van der Waals surface area contributed by atoms with E-state index in [1.807, 2.05) is 0 Å². The number of rotatable bonds is 8. The maximum absolute atomic E-state index is 12.2. The summed E-state index contributed by atoms with van der Waals surface area (Å²) in [5.74, 6) is 1.04. The zero-order valence-electron chi connectivity index (χ0n) is 15.0. The SMILES string of the molecule is CCC(CC)C(CNC(=NC)NCCC(F)(F)F)N1CCCC1.I. The largest absolute Gasteiger partial charge is 0.390 e. The first kappa shape index (κ1) is 23.8. The molecule has 1 rings (SSSR count). The Morgan fingerprint density at radius 3 is 2.17 bits per heavy atom. The van der Waals surface area contributed by atoms with Gasteiger partial charge >= 0.3 is 6.18 Å². The molecule has 1 aliphatic heterocycles. The van der Waals surface area contributed by atoms with Crippen LogP contribution in [0, 0.1) is 5.92 Å². The van der Waals surface area contributed by atoms with Gasteiger partial charge in [-0.3, -0.25) is 9.89 Å². The number of hydrogen-bond donors (Lipinski definition) is 2. The highest BCUT2D eigenvalue weighted by Gasteiger charge is 2.28. The van der Waals surface area contributed by atoms with E-state index in [1.165, 1.54) is 12.8 Å². The van der Waals surface area contributed by atoms with Gasteiger partial charge in [-0.05, 0) is 31.8 Å². The van der Waals surface area contributed by atoms with Gasteiger partial charge < -0.3 is 10.6 Å². The van der Waals surface area contributed by atoms with Crippen molar-refractivity contribution >= 4 is 29.9 Å². The van der Waals surface area contributed by atoms with E-state index in [2.05, 4.69) is 34.4 Å². The van der Waals surface area contributed by atoms with Gasteiger partial charge in [0, 0.05) is 26.2 Å². The van der Waals surface area contributed by atoms with Crippen LogP contribution in [0.15, 0.2) is 4.99 Å². The number of alkyl halides is 3. The highest BCUT2D eigenvalue weighted by Crippen LogP contribution is 2.22. The molecular weight excluding hydrogens is 432 g/mol. The first-order chi connectivity index (χ1) is 10.9. The van der Waals surface area contributed by atoms with Crippen molar-refractivity contribution < 1.29 is 13.2 Å². The number of halogens is 4. The van der Waals surface area contributed by atoms with Crippen molar-refractivity contribution in [2.75, 3.05) is 33.2 Å². The fourth-order valence-electron chi connectivity index (χ4n) is 3.24. The Balaban J connectivity index is 0.00000529. The highest BCUT2D eigenvalue weighted by atomic mass is 127. The Kier molecular flexibility index (Phi) is 12.0. The minimum atomic E-state index is -4.14. The molecule has 1 unspecified atom stereocenters. The molecule has 144 valence electrons. The lowest BCUT2D eigenvalue weighted by molar-refractivity contribution is -0.132. The lowest BCUT2D eigenvalue weighted by Crippen LogP contribution is -2.49. The summed E-state index contributed by atoms with van der Waals surface area (Å²) >= 11 is 0. The van der Waals surface area contributed by atoms with Crippen LogP contribution in [0.5, 0.6) is 0 Å². The minimum absolute atomic E-state index is 0. The molecule has 1 aliphatic rings. The van der Waals surface area contributed by atoms with Gasteiger partial charge in [-0.15, -0.1) is 24.0 Å². The Labute approximate surface area is 161 Å². The van der Waals surface area contributed by atoms with Gasteiger partial charge in [0.2, 0.25) is 0 Å². The van der Waals surface area contributed by atoms with Crippen LogP contribution in [0.4, 0.5) is 13.2 Å². The van der Waals surface area contributed by atoms with Crippen molar-refractivity contribution in [3.63, 3.8) is 0 Å². The summed E-state index contributed by atoms with van der Waals surface area (Å²) in [7, 11) is 1.59. The average Bonchev–Trinajstić information content (AvgIpc) is 3.02. The Morgan fingerprint density at radius 1 is 1.12 bits per heavy atom. The molecule has 0 aliphatic carbocycles. The lowest BCUT2D eigenvalue weighted by atomic mass is 9.93. The van der Waals surface area contributed by atoms with Crippen LogP contribution in [0.2, 0.25) is 0 Å². The quantitative estimate of drug-likeness (QED) is 0.328. The van der Waals surface area contributed by atoms with E-state index in [-0.39, 0.29) is 30.5 Å². The zero-order chi connectivity index (χ0) is 17.3. The first-order valence-corrected chi connectivity index (χ1v) is 8.66. The van der Waals surface area contributed by atoms with Crippen LogP contribution in [0.3, 0.4) is 0 Å². The van der Waals surface area contributed by atoms with Crippen molar-refractivity contribution in [1.29, 1.82) is 0 Å². The van der Waals surface area contributed by atoms with Crippen molar-refractivity contribution in [2.24, 2.45) is 10.9 Å². The van der Waals surface area contributed by atoms with E-state index in [0.29, 0.717) is 17.9 Å². The minimum Gasteiger partial charge on any atom is -0.356 e. The third-order valence-corrected chi connectivity index (χ3v) is 4.61. The molecule has 1 atom stereocenters. The zero-order valence-corrected chi connectivity index (χ0v) is 17.3. The summed E-state index contributed by atoms with van der Waals surface area (Å²) in [5, 5.41) is 5.96. The van der Waals surface area contributed by atoms with Crippen LogP contribution >= 0.6 is 24.0 Å². The maximum atomic E-state index is 12.2. The number of likely N-dealkylation sites (tertiary alicyclic amines) is 1. The highest BCUT2D eigenvalue weighted by molar-refractivity contribution is 14.0. The number of aliphatic imine (C=N–C) groups is 1. The van der Waals surface area contributed by atoms with E-state index in [0.717, 1.165) is 32.5 Å². The number of hydrogen-bond acceptors (Lipinski definition) is 2. The number of nitrogens with zero attached hydrogens (tertiary/aromatic N) is 2. The smallest absolute Gasteiger partial charge is 0.356 e. The summed E-state index contributed by atoms with van der Waals surface area (Å²) in [6, 6.07) is 0.411. The molecule has 24 heavy (non-hydrogen) atoms. The van der Waals surface area contributed by atoms with Gasteiger partial charge in [0.25, 0.3) is 0 Å². The Hall–Kier alpha value is -0.250. The molecule has 0 saturated carbocycles.